The number of aliphatic imine (C=N–C) groups is 1. The molecular formula is C13H10FN. The topological polar surface area (TPSA) is 12.4 Å². The maximum Gasteiger partial charge on any atom is 0.148 e. The van der Waals surface area contributed by atoms with E-state index in [-0.39, 0.29) is 5.82 Å². The Balaban J connectivity index is 2.23. The second kappa shape index (κ2) is 4.51. The van der Waals surface area contributed by atoms with Gasteiger partial charge in [0.05, 0.1) is 5.69 Å². The van der Waals surface area contributed by atoms with E-state index < -0.39 is 0 Å². The van der Waals surface area contributed by atoms with Gasteiger partial charge in [0.25, 0.3) is 0 Å². The first-order valence-electron chi connectivity index (χ1n) is 4.70. The summed E-state index contributed by atoms with van der Waals surface area (Å²) in [5, 5.41) is 0. The summed E-state index contributed by atoms with van der Waals surface area (Å²) in [5.74, 6) is -0.301. The molecule has 2 aromatic rings. The second-order valence-corrected chi connectivity index (χ2v) is 3.12. The Morgan fingerprint density at radius 2 is 1.53 bits per heavy atom. The molecule has 0 radical (unpaired) electrons. The Morgan fingerprint density at radius 1 is 0.867 bits per heavy atom. The van der Waals surface area contributed by atoms with Crippen molar-refractivity contribution in [3.05, 3.63) is 66.0 Å². The maximum absolute atomic E-state index is 13.2. The van der Waals surface area contributed by atoms with Crippen LogP contribution in [0.2, 0.25) is 0 Å². The summed E-state index contributed by atoms with van der Waals surface area (Å²) >= 11 is 0. The van der Waals surface area contributed by atoms with Gasteiger partial charge in [-0.1, -0.05) is 42.5 Å². The second-order valence-electron chi connectivity index (χ2n) is 3.12. The molecule has 0 heterocycles. The zero-order chi connectivity index (χ0) is 10.5. The number of para-hydroxylation sites is 1. The van der Waals surface area contributed by atoms with Crippen molar-refractivity contribution in [1.82, 2.24) is 0 Å². The van der Waals surface area contributed by atoms with E-state index in [0.29, 0.717) is 5.69 Å². The van der Waals surface area contributed by atoms with Crippen LogP contribution >= 0.6 is 0 Å². The summed E-state index contributed by atoms with van der Waals surface area (Å²) in [7, 11) is 0. The average Bonchev–Trinajstić information content (AvgIpc) is 2.29. The predicted octanol–water partition coefficient (Wildman–Crippen LogP) is 3.58. The van der Waals surface area contributed by atoms with Crippen molar-refractivity contribution in [1.29, 1.82) is 0 Å². The lowest BCUT2D eigenvalue weighted by molar-refractivity contribution is 0.630. The molecular weight excluding hydrogens is 189 g/mol. The molecule has 2 heteroatoms. The maximum atomic E-state index is 13.2. The number of hydrogen-bond donors (Lipinski definition) is 0. The third-order valence-electron chi connectivity index (χ3n) is 2.00. The highest BCUT2D eigenvalue weighted by atomic mass is 19.1. The van der Waals surface area contributed by atoms with Crippen LogP contribution in [-0.4, -0.2) is 6.21 Å². The molecule has 0 bridgehead atoms. The third kappa shape index (κ3) is 2.50. The van der Waals surface area contributed by atoms with Crippen molar-refractivity contribution in [3.8, 4) is 0 Å². The molecule has 0 N–H and O–H groups in total. The average molecular weight is 199 g/mol. The van der Waals surface area contributed by atoms with E-state index in [4.69, 9.17) is 0 Å². The standard InChI is InChI=1S/C13H10FN/c14-12-8-4-5-9-13(12)15-10-11-6-2-1-3-7-11/h1-10H/b15-10-. The highest BCUT2D eigenvalue weighted by molar-refractivity contribution is 5.81. The summed E-state index contributed by atoms with van der Waals surface area (Å²) in [6.07, 6.45) is 1.65. The van der Waals surface area contributed by atoms with E-state index in [1.165, 1.54) is 6.07 Å². The monoisotopic (exact) mass is 199 g/mol. The lowest BCUT2D eigenvalue weighted by Crippen LogP contribution is -1.79. The quantitative estimate of drug-likeness (QED) is 0.655. The molecule has 0 fully saturated rings. The third-order valence-corrected chi connectivity index (χ3v) is 2.00. The first kappa shape index (κ1) is 9.59. The normalized spacial score (nSPS) is 10.7. The molecule has 1 nitrogen and oxygen atoms in total. The van der Waals surface area contributed by atoms with E-state index in [1.54, 1.807) is 24.4 Å². The van der Waals surface area contributed by atoms with E-state index in [0.717, 1.165) is 5.56 Å². The number of hydrogen-bond acceptors (Lipinski definition) is 1. The smallest absolute Gasteiger partial charge is 0.148 e. The van der Waals surface area contributed by atoms with E-state index in [1.807, 2.05) is 30.3 Å². The van der Waals surface area contributed by atoms with Crippen LogP contribution in [0.4, 0.5) is 10.1 Å². The molecule has 0 atom stereocenters. The van der Waals surface area contributed by atoms with Gasteiger partial charge in [0.2, 0.25) is 0 Å². The van der Waals surface area contributed by atoms with Gasteiger partial charge in [-0.25, -0.2) is 4.39 Å². The fourth-order valence-corrected chi connectivity index (χ4v) is 1.24. The fraction of sp³-hybridized carbons (Fsp3) is 0. The molecule has 0 unspecified atom stereocenters. The Bertz CT molecular complexity index is 463. The summed E-state index contributed by atoms with van der Waals surface area (Å²) in [5.41, 5.74) is 1.32. The van der Waals surface area contributed by atoms with Gasteiger partial charge in [-0.05, 0) is 17.7 Å². The largest absolute Gasteiger partial charge is 0.253 e. The molecule has 0 amide bonds. The van der Waals surface area contributed by atoms with Crippen molar-refractivity contribution in [2.75, 3.05) is 0 Å². The number of rotatable bonds is 2. The van der Waals surface area contributed by atoms with Crippen LogP contribution in [-0.2, 0) is 0 Å². The van der Waals surface area contributed by atoms with Crippen LogP contribution < -0.4 is 0 Å². The molecule has 0 saturated carbocycles. The van der Waals surface area contributed by atoms with Crippen LogP contribution in [0.25, 0.3) is 0 Å². The fourth-order valence-electron chi connectivity index (χ4n) is 1.24. The molecule has 74 valence electrons. The number of benzene rings is 2. The molecule has 0 aliphatic rings. The molecule has 0 aliphatic carbocycles. The van der Waals surface area contributed by atoms with Gasteiger partial charge in [-0.15, -0.1) is 0 Å². The predicted molar refractivity (Wildman–Crippen MR) is 60.1 cm³/mol. The minimum Gasteiger partial charge on any atom is -0.253 e. The van der Waals surface area contributed by atoms with Crippen LogP contribution in [0, 0.1) is 5.82 Å². The SMILES string of the molecule is Fc1ccccc1/N=C\c1ccccc1. The van der Waals surface area contributed by atoms with Crippen molar-refractivity contribution < 1.29 is 4.39 Å². The van der Waals surface area contributed by atoms with Gasteiger partial charge in [0.15, 0.2) is 0 Å². The van der Waals surface area contributed by atoms with E-state index >= 15 is 0 Å². The highest BCUT2D eigenvalue weighted by Crippen LogP contribution is 2.15. The van der Waals surface area contributed by atoms with E-state index in [2.05, 4.69) is 4.99 Å². The summed E-state index contributed by atoms with van der Waals surface area (Å²) in [4.78, 5) is 4.08. The van der Waals surface area contributed by atoms with Crippen molar-refractivity contribution >= 4 is 11.9 Å². The zero-order valence-corrected chi connectivity index (χ0v) is 8.10. The van der Waals surface area contributed by atoms with Crippen LogP contribution in [0.5, 0.6) is 0 Å². The van der Waals surface area contributed by atoms with E-state index in [9.17, 15) is 4.39 Å². The van der Waals surface area contributed by atoms with Gasteiger partial charge < -0.3 is 0 Å². The highest BCUT2D eigenvalue weighted by Gasteiger charge is 1.95. The molecule has 0 spiro atoms. The number of halogens is 1. The van der Waals surface area contributed by atoms with Crippen molar-refractivity contribution in [3.63, 3.8) is 0 Å². The summed E-state index contributed by atoms with van der Waals surface area (Å²) < 4.78 is 13.2. The van der Waals surface area contributed by atoms with Crippen LogP contribution in [0.1, 0.15) is 5.56 Å². The van der Waals surface area contributed by atoms with Crippen molar-refractivity contribution in [2.45, 2.75) is 0 Å². The lowest BCUT2D eigenvalue weighted by Gasteiger charge is -1.95. The van der Waals surface area contributed by atoms with Gasteiger partial charge in [-0.2, -0.15) is 0 Å². The minimum absolute atomic E-state index is 0.301. The number of nitrogens with zero attached hydrogens (tertiary/aromatic N) is 1. The Hall–Kier alpha value is -1.96. The Labute approximate surface area is 87.9 Å². The minimum atomic E-state index is -0.301. The molecule has 2 aromatic carbocycles. The lowest BCUT2D eigenvalue weighted by atomic mass is 10.2. The van der Waals surface area contributed by atoms with Crippen LogP contribution in [0.3, 0.4) is 0 Å². The van der Waals surface area contributed by atoms with Gasteiger partial charge in [0, 0.05) is 6.21 Å². The summed E-state index contributed by atoms with van der Waals surface area (Å²) in [6, 6.07) is 16.1. The van der Waals surface area contributed by atoms with Gasteiger partial charge in [-0.3, -0.25) is 4.99 Å². The molecule has 0 saturated heterocycles. The van der Waals surface area contributed by atoms with Gasteiger partial charge in [0.1, 0.15) is 5.82 Å². The first-order valence-corrected chi connectivity index (χ1v) is 4.70. The molecule has 0 aromatic heterocycles. The Morgan fingerprint density at radius 3 is 2.27 bits per heavy atom. The van der Waals surface area contributed by atoms with Crippen LogP contribution in [0.15, 0.2) is 59.6 Å². The first-order chi connectivity index (χ1) is 7.36. The molecule has 2 rings (SSSR count). The Kier molecular flexibility index (Phi) is 2.88. The zero-order valence-electron chi connectivity index (χ0n) is 8.10. The molecule has 0 aliphatic heterocycles. The molecule has 15 heavy (non-hydrogen) atoms. The van der Waals surface area contributed by atoms with Gasteiger partial charge >= 0.3 is 0 Å². The van der Waals surface area contributed by atoms with Crippen molar-refractivity contribution in [2.24, 2.45) is 4.99 Å². The summed E-state index contributed by atoms with van der Waals surface area (Å²) in [6.45, 7) is 0.